The lowest BCUT2D eigenvalue weighted by atomic mass is 9.96. The van der Waals surface area contributed by atoms with E-state index in [2.05, 4.69) is 78.5 Å². The monoisotopic (exact) mass is 350 g/mol. The number of para-hydroxylation sites is 1. The molecule has 0 aliphatic heterocycles. The molecule has 27 heavy (non-hydrogen) atoms. The van der Waals surface area contributed by atoms with E-state index in [1.54, 1.807) is 0 Å². The summed E-state index contributed by atoms with van der Waals surface area (Å²) in [6.07, 6.45) is 2.16. The summed E-state index contributed by atoms with van der Waals surface area (Å²) in [7, 11) is 2.13. The number of nitrogen functional groups attached to an aromatic ring is 1. The molecule has 6 rings (SSSR count). The number of benzene rings is 3. The van der Waals surface area contributed by atoms with Crippen molar-refractivity contribution in [2.45, 2.75) is 13.8 Å². The first-order valence-electron chi connectivity index (χ1n) is 9.33. The molecule has 3 heteroatoms. The van der Waals surface area contributed by atoms with Gasteiger partial charge in [0.25, 0.3) is 0 Å². The fourth-order valence-corrected chi connectivity index (χ4v) is 4.87. The quantitative estimate of drug-likeness (QED) is 0.178. The molecule has 2 N–H and O–H groups in total. The highest BCUT2D eigenvalue weighted by Crippen LogP contribution is 2.42. The van der Waals surface area contributed by atoms with Gasteiger partial charge in [-0.2, -0.15) is 0 Å². The molecule has 0 atom stereocenters. The van der Waals surface area contributed by atoms with Crippen LogP contribution in [0.3, 0.4) is 0 Å². The van der Waals surface area contributed by atoms with Crippen LogP contribution in [-0.2, 0) is 7.05 Å². The molecule has 0 saturated heterocycles. The van der Waals surface area contributed by atoms with Crippen molar-refractivity contribution in [1.82, 2.24) is 4.40 Å². The highest BCUT2D eigenvalue weighted by atomic mass is 15.0. The second-order valence-electron chi connectivity index (χ2n) is 7.69. The number of hydrogen-bond donors (Lipinski definition) is 1. The minimum absolute atomic E-state index is 0.821. The lowest BCUT2D eigenvalue weighted by Crippen LogP contribution is -2.29. The van der Waals surface area contributed by atoms with Gasteiger partial charge >= 0.3 is 0 Å². The SMILES string of the molecule is Cc1cc2c3ccccc3n3c4c(N)ccc5cc[n+](C)c(c(c1C)c23)c54. The summed E-state index contributed by atoms with van der Waals surface area (Å²) in [4.78, 5) is 0. The van der Waals surface area contributed by atoms with Crippen molar-refractivity contribution in [1.29, 1.82) is 0 Å². The fourth-order valence-electron chi connectivity index (χ4n) is 4.87. The Bertz CT molecular complexity index is 1550. The minimum atomic E-state index is 0.821. The largest absolute Gasteiger partial charge is 0.397 e. The van der Waals surface area contributed by atoms with Crippen molar-refractivity contribution in [3.8, 4) is 0 Å². The highest BCUT2D eigenvalue weighted by Gasteiger charge is 2.25. The zero-order valence-corrected chi connectivity index (χ0v) is 15.7. The van der Waals surface area contributed by atoms with E-state index in [1.165, 1.54) is 54.6 Å². The summed E-state index contributed by atoms with van der Waals surface area (Å²) in [5, 5.41) is 6.37. The van der Waals surface area contributed by atoms with E-state index in [0.29, 0.717) is 0 Å². The molecule has 0 aliphatic carbocycles. The molecule has 3 aromatic carbocycles. The molecular formula is C24H20N3+. The van der Waals surface area contributed by atoms with E-state index >= 15 is 0 Å². The Hall–Kier alpha value is -3.33. The molecule has 0 radical (unpaired) electrons. The van der Waals surface area contributed by atoms with E-state index in [-0.39, 0.29) is 0 Å². The predicted octanol–water partition coefficient (Wildman–Crippen LogP) is 5.01. The Morgan fingerprint density at radius 1 is 0.889 bits per heavy atom. The van der Waals surface area contributed by atoms with Crippen LogP contribution in [-0.4, -0.2) is 4.40 Å². The first-order valence-corrected chi connectivity index (χ1v) is 9.33. The van der Waals surface area contributed by atoms with Crippen molar-refractivity contribution >= 4 is 54.7 Å². The first-order chi connectivity index (χ1) is 13.1. The summed E-state index contributed by atoms with van der Waals surface area (Å²) in [5.74, 6) is 0. The predicted molar refractivity (Wildman–Crippen MR) is 114 cm³/mol. The van der Waals surface area contributed by atoms with Crippen LogP contribution in [0.4, 0.5) is 5.69 Å². The maximum Gasteiger partial charge on any atom is 0.224 e. The molecule has 0 unspecified atom stereocenters. The van der Waals surface area contributed by atoms with E-state index < -0.39 is 0 Å². The van der Waals surface area contributed by atoms with Crippen molar-refractivity contribution in [2.75, 3.05) is 5.73 Å². The summed E-state index contributed by atoms with van der Waals surface area (Å²) >= 11 is 0. The number of aromatic nitrogens is 2. The van der Waals surface area contributed by atoms with E-state index in [4.69, 9.17) is 5.73 Å². The van der Waals surface area contributed by atoms with E-state index in [9.17, 15) is 0 Å². The van der Waals surface area contributed by atoms with Gasteiger partial charge in [-0.05, 0) is 48.6 Å². The van der Waals surface area contributed by atoms with Gasteiger partial charge < -0.3 is 10.1 Å². The van der Waals surface area contributed by atoms with Crippen LogP contribution in [0.2, 0.25) is 0 Å². The molecule has 0 spiro atoms. The molecule has 3 heterocycles. The third-order valence-electron chi connectivity index (χ3n) is 6.25. The summed E-state index contributed by atoms with van der Waals surface area (Å²) in [6.45, 7) is 4.45. The van der Waals surface area contributed by atoms with Gasteiger partial charge in [0.15, 0.2) is 6.20 Å². The number of anilines is 1. The van der Waals surface area contributed by atoms with Crippen LogP contribution < -0.4 is 10.3 Å². The number of rotatable bonds is 0. The van der Waals surface area contributed by atoms with Crippen LogP contribution in [0, 0.1) is 13.8 Å². The Balaban J connectivity index is 2.20. The Morgan fingerprint density at radius 2 is 1.70 bits per heavy atom. The molecule has 130 valence electrons. The first kappa shape index (κ1) is 14.8. The zero-order chi connectivity index (χ0) is 18.4. The molecule has 3 nitrogen and oxygen atoms in total. The van der Waals surface area contributed by atoms with Crippen molar-refractivity contribution < 1.29 is 4.57 Å². The van der Waals surface area contributed by atoms with Gasteiger partial charge in [0.05, 0.1) is 33.0 Å². The average Bonchev–Trinajstić information content (AvgIpc) is 2.99. The second-order valence-corrected chi connectivity index (χ2v) is 7.69. The van der Waals surface area contributed by atoms with Crippen LogP contribution in [0.25, 0.3) is 49.0 Å². The van der Waals surface area contributed by atoms with E-state index in [1.807, 2.05) is 6.07 Å². The van der Waals surface area contributed by atoms with Gasteiger partial charge in [0.2, 0.25) is 5.52 Å². The topological polar surface area (TPSA) is 34.3 Å². The average molecular weight is 350 g/mol. The number of nitrogens with zero attached hydrogens (tertiary/aromatic N) is 2. The maximum atomic E-state index is 6.57. The maximum absolute atomic E-state index is 6.57. The minimum Gasteiger partial charge on any atom is -0.397 e. The Morgan fingerprint density at radius 3 is 2.56 bits per heavy atom. The molecule has 0 aliphatic rings. The lowest BCUT2D eigenvalue weighted by Gasteiger charge is -2.15. The van der Waals surface area contributed by atoms with Gasteiger partial charge in [0, 0.05) is 16.8 Å². The van der Waals surface area contributed by atoms with Crippen LogP contribution >= 0.6 is 0 Å². The zero-order valence-electron chi connectivity index (χ0n) is 15.7. The highest BCUT2D eigenvalue weighted by molar-refractivity contribution is 6.27. The van der Waals surface area contributed by atoms with Crippen molar-refractivity contribution in [3.05, 3.63) is 65.9 Å². The summed E-state index contributed by atoms with van der Waals surface area (Å²) < 4.78 is 4.63. The van der Waals surface area contributed by atoms with Crippen molar-refractivity contribution in [3.63, 3.8) is 0 Å². The third kappa shape index (κ3) is 1.61. The van der Waals surface area contributed by atoms with Gasteiger partial charge in [-0.3, -0.25) is 0 Å². The molecule has 0 bridgehead atoms. The number of pyridine rings is 2. The van der Waals surface area contributed by atoms with Crippen molar-refractivity contribution in [2.24, 2.45) is 7.05 Å². The summed E-state index contributed by atoms with van der Waals surface area (Å²) in [6, 6.07) is 17.3. The Kier molecular flexibility index (Phi) is 2.57. The van der Waals surface area contributed by atoms with Gasteiger partial charge in [-0.25, -0.2) is 4.57 Å². The van der Waals surface area contributed by atoms with Gasteiger partial charge in [-0.15, -0.1) is 0 Å². The molecule has 3 aromatic heterocycles. The molecular weight excluding hydrogens is 330 g/mol. The second kappa shape index (κ2) is 4.68. The third-order valence-corrected chi connectivity index (χ3v) is 6.25. The molecule has 6 aromatic rings. The van der Waals surface area contributed by atoms with Gasteiger partial charge in [0.1, 0.15) is 7.05 Å². The van der Waals surface area contributed by atoms with Crippen LogP contribution in [0.1, 0.15) is 11.1 Å². The number of fused-ring (bicyclic) bond motifs is 5. The summed E-state index contributed by atoms with van der Waals surface area (Å²) in [5.41, 5.74) is 14.9. The molecule has 0 saturated carbocycles. The van der Waals surface area contributed by atoms with E-state index in [0.717, 1.165) is 11.2 Å². The number of nitrogens with two attached hydrogens (primary N) is 1. The van der Waals surface area contributed by atoms with Gasteiger partial charge in [-0.1, -0.05) is 24.3 Å². The smallest absolute Gasteiger partial charge is 0.224 e. The molecule has 0 fully saturated rings. The van der Waals surface area contributed by atoms with Crippen LogP contribution in [0.15, 0.2) is 54.7 Å². The normalized spacial score (nSPS) is 12.4. The standard InChI is InChI=1S/C24H20N3/c1-13-12-17-16-6-4-5-7-19(16)27-22(17)20(14(13)2)24-21-15(10-11-26(24)3)8-9-18(25)23(21)27/h4-12H,25H2,1-3H3/q+1. The van der Waals surface area contributed by atoms with Crippen LogP contribution in [0.5, 0.6) is 0 Å². The lowest BCUT2D eigenvalue weighted by molar-refractivity contribution is -0.643. The molecule has 0 amide bonds. The Labute approximate surface area is 156 Å². The fraction of sp³-hybridized carbons (Fsp3) is 0.125. The number of hydrogen-bond acceptors (Lipinski definition) is 1. The number of aryl methyl sites for hydroxylation is 3.